The summed E-state index contributed by atoms with van der Waals surface area (Å²) in [5.74, 6) is -0.191. The van der Waals surface area contributed by atoms with Crippen LogP contribution < -0.4 is 10.6 Å². The molecular formula is C10H14N2O5. The van der Waals surface area contributed by atoms with Gasteiger partial charge in [0.05, 0.1) is 6.04 Å². The summed E-state index contributed by atoms with van der Waals surface area (Å²) < 4.78 is 0. The van der Waals surface area contributed by atoms with Gasteiger partial charge in [-0.3, -0.25) is 4.79 Å². The molecule has 0 spiro atoms. The molecule has 0 aromatic rings. The first-order valence-electron chi connectivity index (χ1n) is 4.84. The van der Waals surface area contributed by atoms with Gasteiger partial charge in [0.25, 0.3) is 0 Å². The van der Waals surface area contributed by atoms with Crippen LogP contribution in [0.1, 0.15) is 19.8 Å². The number of amides is 2. The number of carbonyl (C=O) groups is 3. The molecule has 0 fully saturated rings. The van der Waals surface area contributed by atoms with Crippen LogP contribution in [0.15, 0.2) is 0 Å². The lowest BCUT2D eigenvalue weighted by Crippen LogP contribution is -2.48. The Kier molecular flexibility index (Phi) is 6.18. The summed E-state index contributed by atoms with van der Waals surface area (Å²) in [4.78, 5) is 32.3. The maximum Gasteiger partial charge on any atom is 0.326 e. The third kappa shape index (κ3) is 6.78. The van der Waals surface area contributed by atoms with Crippen molar-refractivity contribution < 1.29 is 24.6 Å². The molecular weight excluding hydrogens is 228 g/mol. The fourth-order valence-corrected chi connectivity index (χ4v) is 0.963. The predicted molar refractivity (Wildman–Crippen MR) is 58.3 cm³/mol. The van der Waals surface area contributed by atoms with Crippen LogP contribution in [0, 0.1) is 12.3 Å². The third-order valence-electron chi connectivity index (χ3n) is 1.85. The highest BCUT2D eigenvalue weighted by molar-refractivity contribution is 5.83. The minimum absolute atomic E-state index is 0.192. The van der Waals surface area contributed by atoms with Crippen LogP contribution in [0.25, 0.3) is 0 Å². The average Bonchev–Trinajstić information content (AvgIpc) is 2.23. The molecule has 7 nitrogen and oxygen atoms in total. The zero-order chi connectivity index (χ0) is 13.4. The molecule has 7 heteroatoms. The molecule has 0 aromatic carbocycles. The van der Waals surface area contributed by atoms with Crippen molar-refractivity contribution in [2.75, 3.05) is 0 Å². The van der Waals surface area contributed by atoms with Crippen molar-refractivity contribution in [3.8, 4) is 12.3 Å². The highest BCUT2D eigenvalue weighted by Gasteiger charge is 2.21. The lowest BCUT2D eigenvalue weighted by molar-refractivity contribution is -0.140. The fraction of sp³-hybridized carbons (Fsp3) is 0.500. The molecule has 0 radical (unpaired) electrons. The average molecular weight is 242 g/mol. The molecule has 0 heterocycles. The topological polar surface area (TPSA) is 116 Å². The van der Waals surface area contributed by atoms with Gasteiger partial charge in [0, 0.05) is 6.42 Å². The SMILES string of the molecule is C#CC(C)NC(=O)N[C@@H](CCC(=O)O)C(=O)O. The molecule has 4 N–H and O–H groups in total. The molecule has 0 bridgehead atoms. The molecule has 1 unspecified atom stereocenters. The number of urea groups is 1. The van der Waals surface area contributed by atoms with Crippen LogP contribution in [0.2, 0.25) is 0 Å². The van der Waals surface area contributed by atoms with Crippen LogP contribution in [0.5, 0.6) is 0 Å². The highest BCUT2D eigenvalue weighted by Crippen LogP contribution is 1.98. The number of carboxylic acid groups (broad SMARTS) is 2. The molecule has 17 heavy (non-hydrogen) atoms. The molecule has 0 aliphatic heterocycles. The van der Waals surface area contributed by atoms with Gasteiger partial charge in [-0.25, -0.2) is 9.59 Å². The summed E-state index contributed by atoms with van der Waals surface area (Å²) >= 11 is 0. The Morgan fingerprint density at radius 2 is 1.88 bits per heavy atom. The molecule has 0 aliphatic rings. The van der Waals surface area contributed by atoms with Gasteiger partial charge in [0.15, 0.2) is 0 Å². The van der Waals surface area contributed by atoms with E-state index in [1.165, 1.54) is 0 Å². The Morgan fingerprint density at radius 3 is 2.29 bits per heavy atom. The van der Waals surface area contributed by atoms with Crippen molar-refractivity contribution in [1.29, 1.82) is 0 Å². The van der Waals surface area contributed by atoms with E-state index < -0.39 is 30.1 Å². The van der Waals surface area contributed by atoms with Crippen molar-refractivity contribution in [2.24, 2.45) is 0 Å². The fourth-order valence-electron chi connectivity index (χ4n) is 0.963. The second-order valence-electron chi connectivity index (χ2n) is 3.33. The first kappa shape index (κ1) is 14.8. The van der Waals surface area contributed by atoms with Crippen molar-refractivity contribution in [3.63, 3.8) is 0 Å². The number of nitrogens with one attached hydrogen (secondary N) is 2. The minimum atomic E-state index is -1.30. The number of rotatable bonds is 6. The first-order valence-corrected chi connectivity index (χ1v) is 4.84. The van der Waals surface area contributed by atoms with Gasteiger partial charge in [-0.1, -0.05) is 5.92 Å². The quantitative estimate of drug-likeness (QED) is 0.474. The zero-order valence-electron chi connectivity index (χ0n) is 9.27. The molecule has 0 aliphatic carbocycles. The van der Waals surface area contributed by atoms with Gasteiger partial charge in [-0.2, -0.15) is 0 Å². The second-order valence-corrected chi connectivity index (χ2v) is 3.33. The number of aliphatic carboxylic acids is 2. The summed E-state index contributed by atoms with van der Waals surface area (Å²) in [7, 11) is 0. The van der Waals surface area contributed by atoms with Crippen molar-refractivity contribution in [3.05, 3.63) is 0 Å². The number of carboxylic acids is 2. The monoisotopic (exact) mass is 242 g/mol. The summed E-state index contributed by atoms with van der Waals surface area (Å²) in [6, 6.07) is -2.53. The lowest BCUT2D eigenvalue weighted by Gasteiger charge is -2.15. The van der Waals surface area contributed by atoms with E-state index in [4.69, 9.17) is 16.6 Å². The van der Waals surface area contributed by atoms with Gasteiger partial charge in [-0.05, 0) is 13.3 Å². The molecule has 0 saturated carbocycles. The molecule has 0 rings (SSSR count). The van der Waals surface area contributed by atoms with E-state index in [9.17, 15) is 14.4 Å². The number of carbonyl (C=O) groups excluding carboxylic acids is 1. The molecule has 94 valence electrons. The Balaban J connectivity index is 4.26. The van der Waals surface area contributed by atoms with Gasteiger partial charge in [0.2, 0.25) is 0 Å². The molecule has 2 atom stereocenters. The number of terminal acetylenes is 1. The Labute approximate surface area is 98.2 Å². The lowest BCUT2D eigenvalue weighted by atomic mass is 10.1. The van der Waals surface area contributed by atoms with E-state index in [-0.39, 0.29) is 12.8 Å². The first-order chi connectivity index (χ1) is 7.86. The van der Waals surface area contributed by atoms with Crippen LogP contribution in [-0.2, 0) is 9.59 Å². The third-order valence-corrected chi connectivity index (χ3v) is 1.85. The standard InChI is InChI=1S/C10H14N2O5/c1-3-6(2)11-10(17)12-7(9(15)16)4-5-8(13)14/h1,6-7H,4-5H2,2H3,(H,13,14)(H,15,16)(H2,11,12,17)/t6?,7-/m0/s1. The van der Waals surface area contributed by atoms with E-state index in [0.29, 0.717) is 0 Å². The van der Waals surface area contributed by atoms with E-state index in [1.807, 2.05) is 0 Å². The highest BCUT2D eigenvalue weighted by atomic mass is 16.4. The Bertz CT molecular complexity index is 347. The molecule has 0 saturated heterocycles. The number of hydrogen-bond acceptors (Lipinski definition) is 3. The summed E-state index contributed by atoms with van der Waals surface area (Å²) in [5, 5.41) is 21.6. The van der Waals surface area contributed by atoms with Crippen LogP contribution in [-0.4, -0.2) is 40.3 Å². The van der Waals surface area contributed by atoms with Crippen molar-refractivity contribution in [1.82, 2.24) is 10.6 Å². The van der Waals surface area contributed by atoms with E-state index in [1.54, 1.807) is 6.92 Å². The van der Waals surface area contributed by atoms with E-state index >= 15 is 0 Å². The second kappa shape index (κ2) is 7.11. The van der Waals surface area contributed by atoms with Crippen LogP contribution in [0.3, 0.4) is 0 Å². The van der Waals surface area contributed by atoms with Gasteiger partial charge < -0.3 is 20.8 Å². The van der Waals surface area contributed by atoms with Gasteiger partial charge >= 0.3 is 18.0 Å². The minimum Gasteiger partial charge on any atom is -0.481 e. The summed E-state index contributed by atoms with van der Waals surface area (Å²) in [6.07, 6.45) is 4.49. The maximum absolute atomic E-state index is 11.2. The smallest absolute Gasteiger partial charge is 0.326 e. The van der Waals surface area contributed by atoms with Crippen molar-refractivity contribution >= 4 is 18.0 Å². The summed E-state index contributed by atoms with van der Waals surface area (Å²) in [5.41, 5.74) is 0. The Hall–Kier alpha value is -2.23. The largest absolute Gasteiger partial charge is 0.481 e. The van der Waals surface area contributed by atoms with E-state index in [2.05, 4.69) is 16.6 Å². The van der Waals surface area contributed by atoms with Crippen molar-refractivity contribution in [2.45, 2.75) is 31.8 Å². The van der Waals surface area contributed by atoms with E-state index in [0.717, 1.165) is 0 Å². The zero-order valence-corrected chi connectivity index (χ0v) is 9.27. The van der Waals surface area contributed by atoms with Crippen LogP contribution >= 0.6 is 0 Å². The number of hydrogen-bond donors (Lipinski definition) is 4. The predicted octanol–water partition coefficient (Wildman–Crippen LogP) is -0.375. The van der Waals surface area contributed by atoms with Gasteiger partial charge in [-0.15, -0.1) is 6.42 Å². The normalized spacial score (nSPS) is 12.9. The summed E-state index contributed by atoms with van der Waals surface area (Å²) in [6.45, 7) is 1.55. The maximum atomic E-state index is 11.2. The van der Waals surface area contributed by atoms with Crippen LogP contribution in [0.4, 0.5) is 4.79 Å². The molecule has 0 aromatic heterocycles. The van der Waals surface area contributed by atoms with Gasteiger partial charge in [0.1, 0.15) is 6.04 Å². The molecule has 2 amide bonds. The Morgan fingerprint density at radius 1 is 1.29 bits per heavy atom.